The molecule has 1 N–H and O–H groups in total. The summed E-state index contributed by atoms with van der Waals surface area (Å²) in [5.74, 6) is 0.244. The van der Waals surface area contributed by atoms with Crippen molar-refractivity contribution in [3.8, 4) is 0 Å². The summed E-state index contributed by atoms with van der Waals surface area (Å²) in [5.41, 5.74) is 1.96. The number of aryl methyl sites for hydroxylation is 1. The molecular formula is C15H15ClFN3O. The molecule has 0 radical (unpaired) electrons. The zero-order valence-corrected chi connectivity index (χ0v) is 12.4. The van der Waals surface area contributed by atoms with E-state index in [0.29, 0.717) is 36.5 Å². The number of halogens is 2. The lowest BCUT2D eigenvalue weighted by atomic mass is 10.1. The molecule has 0 fully saturated rings. The van der Waals surface area contributed by atoms with E-state index < -0.39 is 0 Å². The first kappa shape index (κ1) is 14.2. The van der Waals surface area contributed by atoms with Crippen molar-refractivity contribution in [2.75, 3.05) is 6.54 Å². The number of aromatic amines is 1. The number of H-pyrrole nitrogens is 1. The van der Waals surface area contributed by atoms with Gasteiger partial charge < -0.3 is 4.98 Å². The number of fused-ring (bicyclic) bond motifs is 1. The first-order chi connectivity index (χ1) is 10.0. The third-order valence-electron chi connectivity index (χ3n) is 3.69. The van der Waals surface area contributed by atoms with Crippen LogP contribution in [-0.2, 0) is 19.5 Å². The highest BCUT2D eigenvalue weighted by Gasteiger charge is 2.21. The van der Waals surface area contributed by atoms with Crippen LogP contribution in [0.4, 0.5) is 4.39 Å². The summed E-state index contributed by atoms with van der Waals surface area (Å²) in [6, 6.07) is 4.98. The molecule has 0 saturated heterocycles. The molecule has 6 heteroatoms. The van der Waals surface area contributed by atoms with Crippen LogP contribution < -0.4 is 5.56 Å². The minimum atomic E-state index is -0.388. The molecule has 0 atom stereocenters. The molecule has 2 aromatic rings. The summed E-state index contributed by atoms with van der Waals surface area (Å²) in [6.07, 6.45) is 0.697. The van der Waals surface area contributed by atoms with E-state index in [1.165, 1.54) is 6.07 Å². The van der Waals surface area contributed by atoms with Gasteiger partial charge in [-0.15, -0.1) is 0 Å². The van der Waals surface area contributed by atoms with E-state index in [9.17, 15) is 9.18 Å². The molecule has 1 aliphatic rings. The molecule has 21 heavy (non-hydrogen) atoms. The average Bonchev–Trinajstić information content (AvgIpc) is 2.44. The van der Waals surface area contributed by atoms with Crippen molar-refractivity contribution in [3.63, 3.8) is 0 Å². The zero-order chi connectivity index (χ0) is 15.0. The summed E-state index contributed by atoms with van der Waals surface area (Å²) >= 11 is 5.80. The van der Waals surface area contributed by atoms with Gasteiger partial charge in [0.25, 0.3) is 5.56 Å². The lowest BCUT2D eigenvalue weighted by Gasteiger charge is -2.27. The Morgan fingerprint density at radius 3 is 3.10 bits per heavy atom. The Labute approximate surface area is 126 Å². The maximum Gasteiger partial charge on any atom is 0.255 e. The normalized spacial score (nSPS) is 15.0. The maximum atomic E-state index is 13.9. The van der Waals surface area contributed by atoms with Gasteiger partial charge >= 0.3 is 0 Å². The number of hydrogen-bond acceptors (Lipinski definition) is 3. The molecule has 2 heterocycles. The largest absolute Gasteiger partial charge is 0.310 e. The van der Waals surface area contributed by atoms with Crippen molar-refractivity contribution in [1.29, 1.82) is 0 Å². The topological polar surface area (TPSA) is 49.0 Å². The minimum Gasteiger partial charge on any atom is -0.310 e. The Hall–Kier alpha value is -1.72. The van der Waals surface area contributed by atoms with E-state index in [2.05, 4.69) is 9.97 Å². The molecule has 1 aliphatic heterocycles. The predicted octanol–water partition coefficient (Wildman–Crippen LogP) is 2.43. The van der Waals surface area contributed by atoms with Gasteiger partial charge in [0.2, 0.25) is 0 Å². The first-order valence-electron chi connectivity index (χ1n) is 6.78. The number of nitrogens with zero attached hydrogens (tertiary/aromatic N) is 2. The number of aromatic nitrogens is 2. The van der Waals surface area contributed by atoms with Gasteiger partial charge in [0.1, 0.15) is 11.6 Å². The van der Waals surface area contributed by atoms with E-state index in [-0.39, 0.29) is 16.4 Å². The molecule has 0 amide bonds. The molecule has 0 unspecified atom stereocenters. The Balaban J connectivity index is 1.84. The van der Waals surface area contributed by atoms with Gasteiger partial charge in [-0.3, -0.25) is 9.69 Å². The molecule has 1 aromatic heterocycles. The SMILES string of the molecule is Cc1nc2c(c(=O)[nH]1)CN(Cc1cccc(Cl)c1F)CC2. The first-order valence-corrected chi connectivity index (χ1v) is 7.16. The Morgan fingerprint density at radius 1 is 1.48 bits per heavy atom. The van der Waals surface area contributed by atoms with Gasteiger partial charge in [-0.05, 0) is 13.0 Å². The van der Waals surface area contributed by atoms with Crippen LogP contribution >= 0.6 is 11.6 Å². The second-order valence-corrected chi connectivity index (χ2v) is 5.66. The minimum absolute atomic E-state index is 0.103. The molecule has 3 rings (SSSR count). The van der Waals surface area contributed by atoms with Crippen LogP contribution in [0.2, 0.25) is 5.02 Å². The monoisotopic (exact) mass is 307 g/mol. The lowest BCUT2D eigenvalue weighted by molar-refractivity contribution is 0.238. The van der Waals surface area contributed by atoms with Gasteiger partial charge in [0.15, 0.2) is 0 Å². The van der Waals surface area contributed by atoms with Crippen molar-refractivity contribution in [1.82, 2.24) is 14.9 Å². The second-order valence-electron chi connectivity index (χ2n) is 5.25. The highest BCUT2D eigenvalue weighted by molar-refractivity contribution is 6.30. The number of hydrogen-bond donors (Lipinski definition) is 1. The summed E-state index contributed by atoms with van der Waals surface area (Å²) in [4.78, 5) is 21.1. The van der Waals surface area contributed by atoms with Crippen molar-refractivity contribution in [2.45, 2.75) is 26.4 Å². The van der Waals surface area contributed by atoms with Gasteiger partial charge in [0.05, 0.1) is 16.3 Å². The zero-order valence-electron chi connectivity index (χ0n) is 11.6. The summed E-state index contributed by atoms with van der Waals surface area (Å²) < 4.78 is 13.9. The molecule has 4 nitrogen and oxygen atoms in total. The summed E-state index contributed by atoms with van der Waals surface area (Å²) in [7, 11) is 0. The van der Waals surface area contributed by atoms with E-state index >= 15 is 0 Å². The quantitative estimate of drug-likeness (QED) is 0.927. The van der Waals surface area contributed by atoms with Crippen molar-refractivity contribution < 1.29 is 4.39 Å². The Morgan fingerprint density at radius 2 is 2.29 bits per heavy atom. The fraction of sp³-hybridized carbons (Fsp3) is 0.333. The molecule has 0 bridgehead atoms. The molecule has 0 saturated carbocycles. The van der Waals surface area contributed by atoms with Crippen LogP contribution in [0.15, 0.2) is 23.0 Å². The molecule has 110 valence electrons. The van der Waals surface area contributed by atoms with E-state index in [1.54, 1.807) is 19.1 Å². The standard InChI is InChI=1S/C15H15ClFN3O/c1-9-18-13-5-6-20(8-11(13)15(21)19-9)7-10-3-2-4-12(16)14(10)17/h2-4H,5-8H2,1H3,(H,18,19,21). The molecule has 0 aliphatic carbocycles. The Kier molecular flexibility index (Phi) is 3.78. The number of rotatable bonds is 2. The van der Waals surface area contributed by atoms with Crippen LogP contribution in [0.25, 0.3) is 0 Å². The lowest BCUT2D eigenvalue weighted by Crippen LogP contribution is -2.35. The van der Waals surface area contributed by atoms with Gasteiger partial charge in [-0.2, -0.15) is 0 Å². The van der Waals surface area contributed by atoms with Gasteiger partial charge in [0, 0.05) is 31.6 Å². The van der Waals surface area contributed by atoms with Gasteiger partial charge in [-0.1, -0.05) is 23.7 Å². The van der Waals surface area contributed by atoms with Crippen molar-refractivity contribution in [3.05, 3.63) is 62.0 Å². The van der Waals surface area contributed by atoms with Crippen LogP contribution in [-0.4, -0.2) is 21.4 Å². The van der Waals surface area contributed by atoms with Crippen LogP contribution in [0.3, 0.4) is 0 Å². The fourth-order valence-corrected chi connectivity index (χ4v) is 2.85. The number of benzene rings is 1. The third-order valence-corrected chi connectivity index (χ3v) is 3.98. The maximum absolute atomic E-state index is 13.9. The van der Waals surface area contributed by atoms with Gasteiger partial charge in [-0.25, -0.2) is 9.37 Å². The highest BCUT2D eigenvalue weighted by atomic mass is 35.5. The van der Waals surface area contributed by atoms with Crippen molar-refractivity contribution in [2.24, 2.45) is 0 Å². The van der Waals surface area contributed by atoms with E-state index in [0.717, 1.165) is 12.2 Å². The Bertz CT molecular complexity index is 744. The summed E-state index contributed by atoms with van der Waals surface area (Å²) in [6.45, 7) is 3.42. The molecule has 0 spiro atoms. The highest BCUT2D eigenvalue weighted by Crippen LogP contribution is 2.21. The van der Waals surface area contributed by atoms with Crippen LogP contribution in [0.5, 0.6) is 0 Å². The third kappa shape index (κ3) is 2.84. The van der Waals surface area contributed by atoms with Crippen LogP contribution in [0, 0.1) is 12.7 Å². The second kappa shape index (κ2) is 5.58. The van der Waals surface area contributed by atoms with E-state index in [4.69, 9.17) is 11.6 Å². The summed E-state index contributed by atoms with van der Waals surface area (Å²) in [5, 5.41) is 0.125. The molecule has 1 aromatic carbocycles. The molecular weight excluding hydrogens is 293 g/mol. The fourth-order valence-electron chi connectivity index (χ4n) is 2.65. The number of nitrogens with one attached hydrogen (secondary N) is 1. The average molecular weight is 308 g/mol. The smallest absolute Gasteiger partial charge is 0.255 e. The van der Waals surface area contributed by atoms with Crippen LogP contribution in [0.1, 0.15) is 22.6 Å². The van der Waals surface area contributed by atoms with E-state index in [1.807, 2.05) is 4.90 Å². The predicted molar refractivity (Wildman–Crippen MR) is 78.8 cm³/mol. The van der Waals surface area contributed by atoms with Crippen molar-refractivity contribution >= 4 is 11.6 Å².